The van der Waals surface area contributed by atoms with Crippen LogP contribution in [0.1, 0.15) is 104 Å². The van der Waals surface area contributed by atoms with Crippen molar-refractivity contribution in [3.63, 3.8) is 0 Å². The second-order valence-corrected chi connectivity index (χ2v) is 10.0. The van der Waals surface area contributed by atoms with Gasteiger partial charge in [-0.05, 0) is 31.6 Å². The van der Waals surface area contributed by atoms with E-state index in [0.717, 1.165) is 45.1 Å². The van der Waals surface area contributed by atoms with E-state index in [9.17, 15) is 4.57 Å². The Morgan fingerprint density at radius 2 is 1.22 bits per heavy atom. The topological polar surface area (TPSA) is 44.8 Å². The maximum atomic E-state index is 12.9. The molecule has 2 unspecified atom stereocenters. The average molecular weight is 407 g/mol. The summed E-state index contributed by atoms with van der Waals surface area (Å²) in [5.41, 5.74) is 0. The quantitative estimate of drug-likeness (QED) is 0.145. The van der Waals surface area contributed by atoms with Crippen molar-refractivity contribution in [1.82, 2.24) is 0 Å². The fraction of sp³-hybridized carbons (Fsp3) is 1.00. The largest absolute Gasteiger partial charge is 0.385 e. The van der Waals surface area contributed by atoms with Gasteiger partial charge in [-0.2, -0.15) is 0 Å². The van der Waals surface area contributed by atoms with E-state index in [-0.39, 0.29) is 0 Å². The predicted octanol–water partition coefficient (Wildman–Crippen LogP) is 7.61. The van der Waals surface area contributed by atoms with Gasteiger partial charge >= 0.3 is 7.60 Å². The minimum absolute atomic E-state index is 0.516. The zero-order valence-electron chi connectivity index (χ0n) is 18.7. The van der Waals surface area contributed by atoms with Crippen molar-refractivity contribution >= 4 is 7.60 Å². The van der Waals surface area contributed by atoms with Crippen LogP contribution in [0, 0.1) is 5.92 Å². The van der Waals surface area contributed by atoms with Gasteiger partial charge in [0.1, 0.15) is 0 Å². The van der Waals surface area contributed by atoms with Crippen LogP contribution in [0.25, 0.3) is 0 Å². The molecule has 0 aliphatic carbocycles. The highest BCUT2D eigenvalue weighted by atomic mass is 31.2. The van der Waals surface area contributed by atoms with Gasteiger partial charge in [0.2, 0.25) is 0 Å². The molecule has 5 heteroatoms. The summed E-state index contributed by atoms with van der Waals surface area (Å²) in [6.45, 7) is 8.40. The number of rotatable bonds is 21. The lowest BCUT2D eigenvalue weighted by molar-refractivity contribution is 0.163. The van der Waals surface area contributed by atoms with Gasteiger partial charge in [0.15, 0.2) is 0 Å². The summed E-state index contributed by atoms with van der Waals surface area (Å²) >= 11 is 0. The Labute approximate surface area is 169 Å². The standard InChI is InChI=1S/C22H47O4P/c1-5-7-9-10-11-12-13-14-15-18-25-27(23,21-8-6-2)26-20-17-22(3)16-19-24-4/h22H,5-21H2,1-4H3. The first kappa shape index (κ1) is 27.1. The van der Waals surface area contributed by atoms with E-state index in [4.69, 9.17) is 13.8 Å². The molecule has 0 saturated carbocycles. The monoisotopic (exact) mass is 406 g/mol. The van der Waals surface area contributed by atoms with Gasteiger partial charge < -0.3 is 13.8 Å². The average Bonchev–Trinajstić information content (AvgIpc) is 2.66. The fourth-order valence-corrected chi connectivity index (χ4v) is 4.82. The van der Waals surface area contributed by atoms with E-state index in [1.54, 1.807) is 7.11 Å². The highest BCUT2D eigenvalue weighted by Gasteiger charge is 2.23. The Morgan fingerprint density at radius 3 is 1.81 bits per heavy atom. The van der Waals surface area contributed by atoms with E-state index in [0.29, 0.717) is 25.3 Å². The summed E-state index contributed by atoms with van der Waals surface area (Å²) in [5, 5.41) is 0. The van der Waals surface area contributed by atoms with Crippen molar-refractivity contribution in [2.24, 2.45) is 5.92 Å². The molecular formula is C22H47O4P. The molecule has 0 aliphatic rings. The van der Waals surface area contributed by atoms with Crippen molar-refractivity contribution in [2.45, 2.75) is 104 Å². The molecule has 0 aromatic carbocycles. The highest BCUT2D eigenvalue weighted by Crippen LogP contribution is 2.49. The zero-order chi connectivity index (χ0) is 20.2. The fourth-order valence-electron chi connectivity index (χ4n) is 2.99. The molecule has 0 aromatic rings. The molecule has 2 atom stereocenters. The Hall–Kier alpha value is 0.110. The van der Waals surface area contributed by atoms with Crippen LogP contribution in [0.3, 0.4) is 0 Å². The summed E-state index contributed by atoms with van der Waals surface area (Å²) in [7, 11) is -1.20. The maximum Gasteiger partial charge on any atom is 0.330 e. The molecule has 27 heavy (non-hydrogen) atoms. The number of ether oxygens (including phenoxy) is 1. The number of unbranched alkanes of at least 4 members (excludes halogenated alkanes) is 9. The van der Waals surface area contributed by atoms with E-state index in [1.807, 2.05) is 0 Å². The van der Waals surface area contributed by atoms with Gasteiger partial charge in [-0.3, -0.25) is 4.57 Å². The first-order valence-electron chi connectivity index (χ1n) is 11.4. The van der Waals surface area contributed by atoms with E-state index >= 15 is 0 Å². The smallest absolute Gasteiger partial charge is 0.330 e. The molecule has 0 rings (SSSR count). The Morgan fingerprint density at radius 1 is 0.704 bits per heavy atom. The minimum Gasteiger partial charge on any atom is -0.385 e. The van der Waals surface area contributed by atoms with Gasteiger partial charge in [-0.1, -0.05) is 78.6 Å². The molecule has 0 heterocycles. The molecule has 0 fully saturated rings. The maximum absolute atomic E-state index is 12.9. The summed E-state index contributed by atoms with van der Waals surface area (Å²) in [5.74, 6) is 0.516. The first-order chi connectivity index (χ1) is 13.1. The van der Waals surface area contributed by atoms with E-state index < -0.39 is 7.60 Å². The third-order valence-electron chi connectivity index (χ3n) is 5.03. The normalized spacial score (nSPS) is 15.0. The predicted molar refractivity (Wildman–Crippen MR) is 117 cm³/mol. The van der Waals surface area contributed by atoms with E-state index in [1.165, 1.54) is 44.9 Å². The molecule has 164 valence electrons. The lowest BCUT2D eigenvalue weighted by Crippen LogP contribution is -2.07. The summed E-state index contributed by atoms with van der Waals surface area (Å²) in [4.78, 5) is 0. The van der Waals surface area contributed by atoms with Crippen LogP contribution in [-0.4, -0.2) is 33.1 Å². The van der Waals surface area contributed by atoms with Crippen LogP contribution < -0.4 is 0 Å². The molecule has 0 radical (unpaired) electrons. The molecule has 0 N–H and O–H groups in total. The van der Waals surface area contributed by atoms with Gasteiger partial charge in [0.05, 0.1) is 19.4 Å². The van der Waals surface area contributed by atoms with Crippen molar-refractivity contribution < 1.29 is 18.3 Å². The molecular weight excluding hydrogens is 359 g/mol. The first-order valence-corrected chi connectivity index (χ1v) is 13.2. The van der Waals surface area contributed by atoms with Crippen LogP contribution in [0.5, 0.6) is 0 Å². The number of hydrogen-bond donors (Lipinski definition) is 0. The van der Waals surface area contributed by atoms with E-state index in [2.05, 4.69) is 20.8 Å². The van der Waals surface area contributed by atoms with Crippen molar-refractivity contribution in [2.75, 3.05) is 33.1 Å². The molecule has 0 bridgehead atoms. The summed E-state index contributed by atoms with van der Waals surface area (Å²) in [6, 6.07) is 0. The second kappa shape index (κ2) is 19.4. The Bertz CT molecular complexity index is 349. The third kappa shape index (κ3) is 17.9. The van der Waals surface area contributed by atoms with Gasteiger partial charge in [0, 0.05) is 13.7 Å². The van der Waals surface area contributed by atoms with Crippen LogP contribution in [-0.2, 0) is 18.3 Å². The third-order valence-corrected chi connectivity index (χ3v) is 7.05. The summed E-state index contributed by atoms with van der Waals surface area (Å²) < 4.78 is 29.6. The van der Waals surface area contributed by atoms with Gasteiger partial charge in [-0.15, -0.1) is 0 Å². The Kier molecular flexibility index (Phi) is 19.5. The second-order valence-electron chi connectivity index (χ2n) is 7.86. The van der Waals surface area contributed by atoms with Crippen LogP contribution in [0.2, 0.25) is 0 Å². The minimum atomic E-state index is -2.92. The molecule has 0 aliphatic heterocycles. The molecule has 0 amide bonds. The van der Waals surface area contributed by atoms with Crippen LogP contribution in [0.15, 0.2) is 0 Å². The van der Waals surface area contributed by atoms with Crippen molar-refractivity contribution in [3.05, 3.63) is 0 Å². The molecule has 4 nitrogen and oxygen atoms in total. The zero-order valence-corrected chi connectivity index (χ0v) is 19.6. The molecule has 0 saturated heterocycles. The molecule has 0 aromatic heterocycles. The lowest BCUT2D eigenvalue weighted by Gasteiger charge is -2.19. The number of methoxy groups -OCH3 is 1. The van der Waals surface area contributed by atoms with Crippen LogP contribution >= 0.6 is 7.60 Å². The SMILES string of the molecule is CCCCCCCCCCCOP(=O)(CCCC)OCCC(C)CCOC. The summed E-state index contributed by atoms with van der Waals surface area (Å²) in [6.07, 6.45) is 15.9. The van der Waals surface area contributed by atoms with Gasteiger partial charge in [0.25, 0.3) is 0 Å². The number of hydrogen-bond acceptors (Lipinski definition) is 4. The van der Waals surface area contributed by atoms with Crippen LogP contribution in [0.4, 0.5) is 0 Å². The lowest BCUT2D eigenvalue weighted by atomic mass is 10.1. The molecule has 0 spiro atoms. The Balaban J connectivity index is 3.88. The highest BCUT2D eigenvalue weighted by molar-refractivity contribution is 7.53. The van der Waals surface area contributed by atoms with Crippen molar-refractivity contribution in [3.8, 4) is 0 Å². The van der Waals surface area contributed by atoms with Crippen molar-refractivity contribution in [1.29, 1.82) is 0 Å². The van der Waals surface area contributed by atoms with Gasteiger partial charge in [-0.25, -0.2) is 0 Å².